The molecule has 0 saturated heterocycles. The normalized spacial score (nSPS) is 21.6. The third kappa shape index (κ3) is 3.65. The SMILES string of the molecule is Cc1nc2c3c(ccn2c1C)[C@@H](OC(C)C)[C@H](OC(C)C)[C@@H](c1ccccc1)N3. The minimum Gasteiger partial charge on any atom is -0.372 e. The number of benzene rings is 1. The molecule has 0 bridgehead atoms. The second-order valence-corrected chi connectivity index (χ2v) is 8.41. The van der Waals surface area contributed by atoms with Crippen molar-refractivity contribution in [3.63, 3.8) is 0 Å². The van der Waals surface area contributed by atoms with E-state index in [9.17, 15) is 0 Å². The average Bonchev–Trinajstić information content (AvgIpc) is 2.97. The van der Waals surface area contributed by atoms with Crippen molar-refractivity contribution in [2.45, 2.75) is 72.0 Å². The minimum atomic E-state index is -0.179. The molecule has 1 aliphatic heterocycles. The van der Waals surface area contributed by atoms with Crippen molar-refractivity contribution in [3.8, 4) is 0 Å². The van der Waals surface area contributed by atoms with Crippen LogP contribution in [0, 0.1) is 13.8 Å². The molecule has 0 spiro atoms. The summed E-state index contributed by atoms with van der Waals surface area (Å²) < 4.78 is 15.1. The van der Waals surface area contributed by atoms with E-state index in [0.29, 0.717) is 0 Å². The molecule has 1 N–H and O–H groups in total. The number of aromatic nitrogens is 2. The van der Waals surface area contributed by atoms with Gasteiger partial charge in [-0.3, -0.25) is 0 Å². The molecule has 0 amide bonds. The summed E-state index contributed by atoms with van der Waals surface area (Å²) >= 11 is 0. The molecule has 5 heteroatoms. The molecule has 1 aromatic carbocycles. The number of aryl methyl sites for hydroxylation is 2. The Balaban J connectivity index is 1.91. The van der Waals surface area contributed by atoms with Crippen LogP contribution in [0.5, 0.6) is 0 Å². The van der Waals surface area contributed by atoms with E-state index in [1.807, 2.05) is 6.07 Å². The third-order valence-corrected chi connectivity index (χ3v) is 5.54. The number of nitrogens with zero attached hydrogens (tertiary/aromatic N) is 2. The van der Waals surface area contributed by atoms with Crippen LogP contribution in [0.3, 0.4) is 0 Å². The van der Waals surface area contributed by atoms with E-state index in [-0.39, 0.29) is 30.5 Å². The Hall–Kier alpha value is -2.37. The summed E-state index contributed by atoms with van der Waals surface area (Å²) in [5.74, 6) is 0. The van der Waals surface area contributed by atoms with Gasteiger partial charge in [-0.1, -0.05) is 30.3 Å². The second-order valence-electron chi connectivity index (χ2n) is 8.41. The van der Waals surface area contributed by atoms with E-state index >= 15 is 0 Å². The molecule has 4 rings (SSSR count). The predicted molar refractivity (Wildman–Crippen MR) is 116 cm³/mol. The van der Waals surface area contributed by atoms with Gasteiger partial charge in [0.25, 0.3) is 0 Å². The fraction of sp³-hybridized carbons (Fsp3) is 0.458. The van der Waals surface area contributed by atoms with Gasteiger partial charge in [0.1, 0.15) is 12.2 Å². The molecular formula is C24H31N3O2. The summed E-state index contributed by atoms with van der Waals surface area (Å²) in [6, 6.07) is 12.6. The van der Waals surface area contributed by atoms with Gasteiger partial charge in [0.05, 0.1) is 29.6 Å². The van der Waals surface area contributed by atoms with Crippen LogP contribution >= 0.6 is 0 Å². The van der Waals surface area contributed by atoms with Crippen molar-refractivity contribution in [2.24, 2.45) is 0 Å². The molecule has 29 heavy (non-hydrogen) atoms. The molecule has 3 aromatic rings. The first kappa shape index (κ1) is 19.9. The molecule has 3 heterocycles. The first-order valence-electron chi connectivity index (χ1n) is 10.5. The van der Waals surface area contributed by atoms with Crippen LogP contribution in [0.1, 0.15) is 62.4 Å². The molecule has 0 radical (unpaired) electrons. The molecule has 3 atom stereocenters. The van der Waals surface area contributed by atoms with Crippen LogP contribution in [0.2, 0.25) is 0 Å². The van der Waals surface area contributed by atoms with Gasteiger partial charge in [-0.25, -0.2) is 4.98 Å². The topological polar surface area (TPSA) is 47.8 Å². The summed E-state index contributed by atoms with van der Waals surface area (Å²) in [5.41, 5.74) is 6.46. The fourth-order valence-corrected chi connectivity index (χ4v) is 4.17. The smallest absolute Gasteiger partial charge is 0.161 e. The molecule has 0 saturated carbocycles. The van der Waals surface area contributed by atoms with E-state index in [1.165, 1.54) is 5.56 Å². The van der Waals surface area contributed by atoms with Gasteiger partial charge >= 0.3 is 0 Å². The van der Waals surface area contributed by atoms with Crippen molar-refractivity contribution in [1.82, 2.24) is 9.38 Å². The quantitative estimate of drug-likeness (QED) is 0.632. The Labute approximate surface area is 173 Å². The summed E-state index contributed by atoms with van der Waals surface area (Å²) in [5, 5.41) is 3.77. The van der Waals surface area contributed by atoms with E-state index < -0.39 is 0 Å². The van der Waals surface area contributed by atoms with Gasteiger partial charge in [0, 0.05) is 17.5 Å². The molecular weight excluding hydrogens is 362 g/mol. The standard InChI is InChI=1S/C24H31N3O2/c1-14(2)28-22-19-12-13-27-17(6)16(5)25-24(27)21(19)26-20(23(22)29-15(3)4)18-10-8-7-9-11-18/h7-15,20,22-23,26H,1-6H3/t20-,22-,23-/m1/s1. The highest BCUT2D eigenvalue weighted by Gasteiger charge is 2.41. The van der Waals surface area contributed by atoms with Crippen molar-refractivity contribution in [3.05, 3.63) is 65.1 Å². The summed E-state index contributed by atoms with van der Waals surface area (Å²) in [7, 11) is 0. The Bertz CT molecular complexity index is 994. The Morgan fingerprint density at radius 3 is 2.31 bits per heavy atom. The lowest BCUT2D eigenvalue weighted by Crippen LogP contribution is -2.41. The van der Waals surface area contributed by atoms with Gasteiger partial charge in [-0.2, -0.15) is 0 Å². The Kier molecular flexibility index (Phi) is 5.36. The third-order valence-electron chi connectivity index (χ3n) is 5.54. The number of hydrogen-bond donors (Lipinski definition) is 1. The molecule has 2 aromatic heterocycles. The van der Waals surface area contributed by atoms with Gasteiger partial charge in [0.15, 0.2) is 5.65 Å². The van der Waals surface area contributed by atoms with Crippen LogP contribution < -0.4 is 5.32 Å². The maximum atomic E-state index is 6.47. The van der Waals surface area contributed by atoms with E-state index in [2.05, 4.69) is 87.8 Å². The largest absolute Gasteiger partial charge is 0.372 e. The monoisotopic (exact) mass is 393 g/mol. The lowest BCUT2D eigenvalue weighted by atomic mass is 9.88. The van der Waals surface area contributed by atoms with E-state index in [4.69, 9.17) is 14.5 Å². The molecule has 0 unspecified atom stereocenters. The zero-order chi connectivity index (χ0) is 20.7. The summed E-state index contributed by atoms with van der Waals surface area (Å²) in [6.45, 7) is 12.5. The molecule has 1 aliphatic rings. The van der Waals surface area contributed by atoms with Crippen molar-refractivity contribution >= 4 is 11.3 Å². The zero-order valence-corrected chi connectivity index (χ0v) is 18.1. The number of nitrogens with one attached hydrogen (secondary N) is 1. The highest BCUT2D eigenvalue weighted by Crippen LogP contribution is 2.45. The number of imidazole rings is 1. The van der Waals surface area contributed by atoms with Crippen LogP contribution in [0.4, 0.5) is 5.69 Å². The summed E-state index contributed by atoms with van der Waals surface area (Å²) in [4.78, 5) is 4.86. The number of hydrogen-bond acceptors (Lipinski definition) is 4. The molecule has 154 valence electrons. The Morgan fingerprint density at radius 1 is 0.966 bits per heavy atom. The number of pyridine rings is 1. The predicted octanol–water partition coefficient (Wildman–Crippen LogP) is 5.38. The maximum Gasteiger partial charge on any atom is 0.161 e. The van der Waals surface area contributed by atoms with Crippen LogP contribution in [-0.4, -0.2) is 27.7 Å². The fourth-order valence-electron chi connectivity index (χ4n) is 4.17. The molecule has 5 nitrogen and oxygen atoms in total. The molecule has 0 fully saturated rings. The number of rotatable bonds is 5. The number of fused-ring (bicyclic) bond motifs is 3. The van der Waals surface area contributed by atoms with Gasteiger partial charge in [0.2, 0.25) is 0 Å². The van der Waals surface area contributed by atoms with E-state index in [1.54, 1.807) is 0 Å². The van der Waals surface area contributed by atoms with Crippen LogP contribution in [0.15, 0.2) is 42.6 Å². The number of ether oxygens (including phenoxy) is 2. The maximum absolute atomic E-state index is 6.47. The average molecular weight is 394 g/mol. The lowest BCUT2D eigenvalue weighted by molar-refractivity contribution is -0.122. The Morgan fingerprint density at radius 2 is 1.66 bits per heavy atom. The first-order chi connectivity index (χ1) is 13.9. The molecule has 0 aliphatic carbocycles. The second kappa shape index (κ2) is 7.81. The van der Waals surface area contributed by atoms with Gasteiger partial charge < -0.3 is 19.2 Å². The minimum absolute atomic E-state index is 0.0293. The lowest BCUT2D eigenvalue weighted by Gasteiger charge is -2.42. The summed E-state index contributed by atoms with van der Waals surface area (Å²) in [6.07, 6.45) is 1.94. The van der Waals surface area contributed by atoms with Crippen LogP contribution in [0.25, 0.3) is 5.65 Å². The van der Waals surface area contributed by atoms with Gasteiger partial charge in [-0.05, 0) is 53.2 Å². The van der Waals surface area contributed by atoms with Crippen molar-refractivity contribution in [2.75, 3.05) is 5.32 Å². The van der Waals surface area contributed by atoms with E-state index in [0.717, 1.165) is 28.3 Å². The first-order valence-corrected chi connectivity index (χ1v) is 10.5. The van der Waals surface area contributed by atoms with Gasteiger partial charge in [-0.15, -0.1) is 0 Å². The van der Waals surface area contributed by atoms with Crippen molar-refractivity contribution < 1.29 is 9.47 Å². The van der Waals surface area contributed by atoms with Crippen LogP contribution in [-0.2, 0) is 9.47 Å². The highest BCUT2D eigenvalue weighted by molar-refractivity contribution is 5.75. The highest BCUT2D eigenvalue weighted by atomic mass is 16.6. The van der Waals surface area contributed by atoms with Crippen molar-refractivity contribution in [1.29, 1.82) is 0 Å². The zero-order valence-electron chi connectivity index (χ0n) is 18.1. The number of anilines is 1.